The minimum Gasteiger partial charge on any atom is -0.391 e. The van der Waals surface area contributed by atoms with Crippen LogP contribution in [-0.2, 0) is 0 Å². The molecular weight excluding hydrogens is 146 g/mol. The lowest BCUT2D eigenvalue weighted by atomic mass is 10.2. The van der Waals surface area contributed by atoms with E-state index in [1.807, 2.05) is 0 Å². The van der Waals surface area contributed by atoms with Crippen molar-refractivity contribution < 1.29 is 20.2 Å². The highest BCUT2D eigenvalue weighted by Gasteiger charge is 2.25. The van der Waals surface area contributed by atoms with Crippen molar-refractivity contribution in [1.82, 2.24) is 0 Å². The molecule has 0 amide bonds. The maximum atomic E-state index is 9.48. The van der Waals surface area contributed by atoms with Gasteiger partial charge in [-0.1, -0.05) is 0 Å². The molecule has 4 nitrogen and oxygen atoms in total. The molecule has 0 aromatic carbocycles. The summed E-state index contributed by atoms with van der Waals surface area (Å²) >= 11 is 0. The molecule has 0 aliphatic rings. The van der Waals surface area contributed by atoms with Gasteiger partial charge in [0.05, 0.1) is 13.2 Å². The molecule has 4 heteroatoms. The van der Waals surface area contributed by atoms with Crippen LogP contribution >= 0.6 is 0 Å². The molecule has 11 heavy (non-hydrogen) atoms. The van der Waals surface area contributed by atoms with Crippen LogP contribution in [0.4, 0.5) is 0 Å². The Balaban J connectivity index is 3.88. The Morgan fingerprint density at radius 3 is 1.64 bits per heavy atom. The van der Waals surface area contributed by atoms with E-state index in [1.54, 1.807) is 13.8 Å². The highest BCUT2D eigenvalue weighted by molar-refractivity contribution is 4.45. The van der Waals surface area contributed by atoms with Gasteiger partial charge in [0.15, 0.2) is 5.72 Å². The normalized spacial score (nSPS) is 12.5. The second-order valence-corrected chi connectivity index (χ2v) is 3.11. The summed E-state index contributed by atoms with van der Waals surface area (Å²) < 4.78 is 0. The van der Waals surface area contributed by atoms with Crippen LogP contribution < -0.4 is 4.90 Å². The first-order valence-electron chi connectivity index (χ1n) is 3.81. The summed E-state index contributed by atoms with van der Waals surface area (Å²) in [4.78, 5) is 0.794. The molecular formula is C7H18NO3+. The van der Waals surface area contributed by atoms with Gasteiger partial charge in [-0.25, -0.2) is 0 Å². The van der Waals surface area contributed by atoms with Crippen molar-refractivity contribution in [3.05, 3.63) is 0 Å². The number of hydrogen-bond donors (Lipinski definition) is 4. The molecule has 0 saturated heterocycles. The molecule has 0 aliphatic heterocycles. The molecule has 0 saturated carbocycles. The third-order valence-electron chi connectivity index (χ3n) is 1.69. The lowest BCUT2D eigenvalue weighted by Gasteiger charge is -2.29. The van der Waals surface area contributed by atoms with Gasteiger partial charge < -0.3 is 20.2 Å². The van der Waals surface area contributed by atoms with E-state index in [0.29, 0.717) is 13.1 Å². The predicted molar refractivity (Wildman–Crippen MR) is 41.2 cm³/mol. The first kappa shape index (κ1) is 10.8. The summed E-state index contributed by atoms with van der Waals surface area (Å²) in [6.07, 6.45) is 0. The summed E-state index contributed by atoms with van der Waals surface area (Å²) in [5.74, 6) is 0. The number of nitrogens with one attached hydrogen (secondary N) is 1. The number of aliphatic hydroxyl groups excluding tert-OH is 2. The quantitative estimate of drug-likeness (QED) is 0.342. The molecule has 0 unspecified atom stereocenters. The van der Waals surface area contributed by atoms with Crippen LogP contribution in [0.15, 0.2) is 0 Å². The predicted octanol–water partition coefficient (Wildman–Crippen LogP) is -2.42. The molecule has 0 aromatic rings. The van der Waals surface area contributed by atoms with Crippen molar-refractivity contribution in [3.63, 3.8) is 0 Å². The summed E-state index contributed by atoms with van der Waals surface area (Å²) in [6.45, 7) is 4.30. The summed E-state index contributed by atoms with van der Waals surface area (Å²) in [6, 6.07) is 0. The van der Waals surface area contributed by atoms with E-state index < -0.39 is 5.72 Å². The number of hydrogen-bond acceptors (Lipinski definition) is 3. The van der Waals surface area contributed by atoms with Crippen LogP contribution in [0.3, 0.4) is 0 Å². The van der Waals surface area contributed by atoms with Gasteiger partial charge in [-0.3, -0.25) is 0 Å². The van der Waals surface area contributed by atoms with E-state index in [1.165, 1.54) is 0 Å². The second-order valence-electron chi connectivity index (χ2n) is 3.11. The minimum absolute atomic E-state index is 0.0271. The fourth-order valence-electron chi connectivity index (χ4n) is 1.01. The van der Waals surface area contributed by atoms with Crippen molar-refractivity contribution in [2.24, 2.45) is 0 Å². The Morgan fingerprint density at radius 2 is 1.45 bits per heavy atom. The molecule has 0 radical (unpaired) electrons. The molecule has 0 aliphatic carbocycles. The fourth-order valence-corrected chi connectivity index (χ4v) is 1.01. The SMILES string of the molecule is CC(C)(O)[NH+](CCO)CCO. The topological polar surface area (TPSA) is 65.1 Å². The highest BCUT2D eigenvalue weighted by Crippen LogP contribution is 1.86. The van der Waals surface area contributed by atoms with E-state index in [2.05, 4.69) is 0 Å². The zero-order valence-corrected chi connectivity index (χ0v) is 7.17. The molecule has 0 aromatic heterocycles. The fraction of sp³-hybridized carbons (Fsp3) is 1.00. The summed E-state index contributed by atoms with van der Waals surface area (Å²) in [7, 11) is 0. The van der Waals surface area contributed by atoms with Gasteiger partial charge in [0, 0.05) is 13.8 Å². The van der Waals surface area contributed by atoms with Gasteiger partial charge in [-0.05, 0) is 0 Å². The zero-order valence-electron chi connectivity index (χ0n) is 7.17. The Hall–Kier alpha value is -0.160. The second kappa shape index (κ2) is 4.66. The van der Waals surface area contributed by atoms with E-state index in [9.17, 15) is 5.11 Å². The molecule has 0 rings (SSSR count). The Morgan fingerprint density at radius 1 is 1.09 bits per heavy atom. The van der Waals surface area contributed by atoms with Crippen molar-refractivity contribution >= 4 is 0 Å². The first-order valence-corrected chi connectivity index (χ1v) is 3.81. The molecule has 0 atom stereocenters. The standard InChI is InChI=1S/C7H17NO3/c1-7(2,11)8(3-5-9)4-6-10/h9-11H,3-6H2,1-2H3/p+1. The van der Waals surface area contributed by atoms with Gasteiger partial charge >= 0.3 is 0 Å². The largest absolute Gasteiger partial charge is 0.391 e. The van der Waals surface area contributed by atoms with Crippen LogP contribution in [0.1, 0.15) is 13.8 Å². The van der Waals surface area contributed by atoms with Crippen molar-refractivity contribution in [1.29, 1.82) is 0 Å². The van der Waals surface area contributed by atoms with Gasteiger partial charge in [0.1, 0.15) is 13.1 Å². The first-order chi connectivity index (χ1) is 5.02. The van der Waals surface area contributed by atoms with Gasteiger partial charge in [-0.15, -0.1) is 0 Å². The summed E-state index contributed by atoms with van der Waals surface area (Å²) in [5.41, 5.74) is -0.883. The minimum atomic E-state index is -0.883. The van der Waals surface area contributed by atoms with E-state index in [-0.39, 0.29) is 13.2 Å². The third kappa shape index (κ3) is 4.31. The number of quaternary nitrogens is 1. The van der Waals surface area contributed by atoms with E-state index >= 15 is 0 Å². The summed E-state index contributed by atoms with van der Waals surface area (Å²) in [5, 5.41) is 26.7. The number of aliphatic hydroxyl groups is 3. The van der Waals surface area contributed by atoms with Crippen molar-refractivity contribution in [3.8, 4) is 0 Å². The van der Waals surface area contributed by atoms with Crippen LogP contribution in [0.2, 0.25) is 0 Å². The smallest absolute Gasteiger partial charge is 0.193 e. The molecule has 0 heterocycles. The van der Waals surface area contributed by atoms with Gasteiger partial charge in [-0.2, -0.15) is 0 Å². The zero-order chi connectivity index (χ0) is 8.91. The van der Waals surface area contributed by atoms with E-state index in [4.69, 9.17) is 10.2 Å². The average Bonchev–Trinajstić information content (AvgIpc) is 1.85. The monoisotopic (exact) mass is 164 g/mol. The lowest BCUT2D eigenvalue weighted by Crippen LogP contribution is -3.20. The average molecular weight is 164 g/mol. The molecule has 4 N–H and O–H groups in total. The van der Waals surface area contributed by atoms with Crippen molar-refractivity contribution in [2.75, 3.05) is 26.3 Å². The van der Waals surface area contributed by atoms with Crippen LogP contribution in [0.25, 0.3) is 0 Å². The Bertz CT molecular complexity index is 94.3. The maximum Gasteiger partial charge on any atom is 0.193 e. The van der Waals surface area contributed by atoms with Crippen molar-refractivity contribution in [2.45, 2.75) is 19.6 Å². The number of rotatable bonds is 5. The van der Waals surface area contributed by atoms with Crippen LogP contribution in [-0.4, -0.2) is 47.3 Å². The third-order valence-corrected chi connectivity index (χ3v) is 1.69. The van der Waals surface area contributed by atoms with Crippen LogP contribution in [0.5, 0.6) is 0 Å². The maximum absolute atomic E-state index is 9.48. The highest BCUT2D eigenvalue weighted by atomic mass is 16.3. The van der Waals surface area contributed by atoms with E-state index in [0.717, 1.165) is 4.90 Å². The molecule has 0 fully saturated rings. The van der Waals surface area contributed by atoms with Crippen LogP contribution in [0, 0.1) is 0 Å². The Labute approximate surface area is 67.1 Å². The molecule has 0 spiro atoms. The molecule has 68 valence electrons. The lowest BCUT2D eigenvalue weighted by molar-refractivity contribution is -0.974. The van der Waals surface area contributed by atoms with Gasteiger partial charge in [0.2, 0.25) is 0 Å². The molecule has 0 bridgehead atoms. The van der Waals surface area contributed by atoms with Gasteiger partial charge in [0.25, 0.3) is 0 Å². The Kier molecular flexibility index (Phi) is 4.60.